The second-order valence-corrected chi connectivity index (χ2v) is 5.81. The molecule has 0 spiro atoms. The van der Waals surface area contributed by atoms with Gasteiger partial charge in [0.05, 0.1) is 5.25 Å². The Labute approximate surface area is 77.1 Å². The average molecular weight is 207 g/mol. The van der Waals surface area contributed by atoms with Crippen molar-refractivity contribution in [3.8, 4) is 0 Å². The third kappa shape index (κ3) is 1.68. The molecular formula is C7H13NO4S. The predicted molar refractivity (Wildman–Crippen MR) is 47.3 cm³/mol. The zero-order valence-corrected chi connectivity index (χ0v) is 8.34. The quantitative estimate of drug-likeness (QED) is 0.590. The molecule has 0 aliphatic carbocycles. The first kappa shape index (κ1) is 10.5. The van der Waals surface area contributed by atoms with Crippen molar-refractivity contribution in [2.75, 3.05) is 6.54 Å². The zero-order valence-electron chi connectivity index (χ0n) is 7.52. The van der Waals surface area contributed by atoms with Crippen molar-refractivity contribution < 1.29 is 18.3 Å². The largest absolute Gasteiger partial charge is 0.480 e. The van der Waals surface area contributed by atoms with E-state index in [1.165, 1.54) is 6.92 Å². The molecule has 0 saturated carbocycles. The first-order valence-corrected chi connectivity index (χ1v) is 5.67. The predicted octanol–water partition coefficient (Wildman–Crippen LogP) is -0.765. The van der Waals surface area contributed by atoms with E-state index in [0.29, 0.717) is 0 Å². The van der Waals surface area contributed by atoms with Crippen molar-refractivity contribution in [3.63, 3.8) is 0 Å². The molecule has 0 radical (unpaired) electrons. The molecule has 1 rings (SSSR count). The molecule has 0 aromatic heterocycles. The molecule has 3 unspecified atom stereocenters. The van der Waals surface area contributed by atoms with Crippen LogP contribution < -0.4 is 5.32 Å². The standard InChI is InChI=1S/C7H13NO4S/c1-4-5(2)13(11,12)6(3-8-4)7(9)10/h4-6,8H,3H2,1-2H3,(H,9,10). The van der Waals surface area contributed by atoms with E-state index >= 15 is 0 Å². The van der Waals surface area contributed by atoms with Crippen LogP contribution in [0.1, 0.15) is 13.8 Å². The Kier molecular flexibility index (Phi) is 2.63. The molecule has 1 saturated heterocycles. The summed E-state index contributed by atoms with van der Waals surface area (Å²) >= 11 is 0. The molecule has 5 nitrogen and oxygen atoms in total. The maximum Gasteiger partial charge on any atom is 0.323 e. The van der Waals surface area contributed by atoms with Crippen LogP contribution in [-0.4, -0.2) is 42.6 Å². The summed E-state index contributed by atoms with van der Waals surface area (Å²) in [6.07, 6.45) is 0. The van der Waals surface area contributed by atoms with Crippen LogP contribution in [0, 0.1) is 0 Å². The number of nitrogens with one attached hydrogen (secondary N) is 1. The molecule has 76 valence electrons. The van der Waals surface area contributed by atoms with Crippen LogP contribution in [0.3, 0.4) is 0 Å². The summed E-state index contributed by atoms with van der Waals surface area (Å²) in [5, 5.41) is 9.59. The van der Waals surface area contributed by atoms with Gasteiger partial charge in [0.25, 0.3) is 0 Å². The molecule has 3 atom stereocenters. The van der Waals surface area contributed by atoms with Crippen LogP contribution in [-0.2, 0) is 14.6 Å². The van der Waals surface area contributed by atoms with E-state index in [2.05, 4.69) is 5.32 Å². The summed E-state index contributed by atoms with van der Waals surface area (Å²) in [7, 11) is -3.51. The molecule has 0 aromatic rings. The summed E-state index contributed by atoms with van der Waals surface area (Å²) in [5.74, 6) is -1.27. The Balaban J connectivity index is 3.00. The van der Waals surface area contributed by atoms with Crippen molar-refractivity contribution in [1.29, 1.82) is 0 Å². The molecule has 1 fully saturated rings. The monoisotopic (exact) mass is 207 g/mol. The van der Waals surface area contributed by atoms with Crippen LogP contribution in [0.25, 0.3) is 0 Å². The SMILES string of the molecule is CC1NCC(C(=O)O)S(=O)(=O)C1C. The number of rotatable bonds is 1. The Morgan fingerprint density at radius 1 is 1.46 bits per heavy atom. The van der Waals surface area contributed by atoms with Gasteiger partial charge in [-0.2, -0.15) is 0 Å². The smallest absolute Gasteiger partial charge is 0.323 e. The van der Waals surface area contributed by atoms with Crippen LogP contribution in [0.4, 0.5) is 0 Å². The fraction of sp³-hybridized carbons (Fsp3) is 0.857. The van der Waals surface area contributed by atoms with Gasteiger partial charge in [-0.05, 0) is 13.8 Å². The molecule has 0 aromatic carbocycles. The lowest BCUT2D eigenvalue weighted by Gasteiger charge is -2.30. The third-order valence-corrected chi connectivity index (χ3v) is 5.13. The van der Waals surface area contributed by atoms with Crippen molar-refractivity contribution >= 4 is 15.8 Å². The number of hydrogen-bond donors (Lipinski definition) is 2. The highest BCUT2D eigenvalue weighted by Crippen LogP contribution is 2.17. The summed E-state index contributed by atoms with van der Waals surface area (Å²) in [4.78, 5) is 10.6. The van der Waals surface area contributed by atoms with Gasteiger partial charge >= 0.3 is 5.97 Å². The second kappa shape index (κ2) is 3.26. The lowest BCUT2D eigenvalue weighted by atomic mass is 10.2. The number of carbonyl (C=O) groups is 1. The molecule has 1 heterocycles. The van der Waals surface area contributed by atoms with Crippen molar-refractivity contribution in [2.45, 2.75) is 30.4 Å². The maximum absolute atomic E-state index is 11.5. The Morgan fingerprint density at radius 3 is 2.46 bits per heavy atom. The summed E-state index contributed by atoms with van der Waals surface area (Å²) in [6.45, 7) is 3.27. The van der Waals surface area contributed by atoms with E-state index in [9.17, 15) is 13.2 Å². The molecule has 13 heavy (non-hydrogen) atoms. The van der Waals surface area contributed by atoms with Crippen LogP contribution >= 0.6 is 0 Å². The van der Waals surface area contributed by atoms with Gasteiger partial charge in [0.2, 0.25) is 0 Å². The molecule has 2 N–H and O–H groups in total. The number of hydrogen-bond acceptors (Lipinski definition) is 4. The highest BCUT2D eigenvalue weighted by molar-refractivity contribution is 7.93. The van der Waals surface area contributed by atoms with E-state index < -0.39 is 26.3 Å². The van der Waals surface area contributed by atoms with Crippen molar-refractivity contribution in [3.05, 3.63) is 0 Å². The van der Waals surface area contributed by atoms with Gasteiger partial charge < -0.3 is 10.4 Å². The van der Waals surface area contributed by atoms with Gasteiger partial charge in [-0.25, -0.2) is 8.42 Å². The van der Waals surface area contributed by atoms with E-state index in [4.69, 9.17) is 5.11 Å². The number of carboxylic acids is 1. The van der Waals surface area contributed by atoms with Gasteiger partial charge in [-0.3, -0.25) is 4.79 Å². The Bertz CT molecular complexity index is 310. The molecular weight excluding hydrogens is 194 g/mol. The highest BCUT2D eigenvalue weighted by atomic mass is 32.2. The molecule has 0 amide bonds. The van der Waals surface area contributed by atoms with Crippen molar-refractivity contribution in [2.24, 2.45) is 0 Å². The number of aliphatic carboxylic acids is 1. The van der Waals surface area contributed by atoms with Gasteiger partial charge in [-0.15, -0.1) is 0 Å². The fourth-order valence-electron chi connectivity index (χ4n) is 1.35. The minimum absolute atomic E-state index is 0.00315. The first-order chi connectivity index (χ1) is 5.87. The summed E-state index contributed by atoms with van der Waals surface area (Å²) < 4.78 is 23.1. The number of carboxylic acid groups (broad SMARTS) is 1. The lowest BCUT2D eigenvalue weighted by Crippen LogP contribution is -2.56. The van der Waals surface area contributed by atoms with Gasteiger partial charge in [0.1, 0.15) is 0 Å². The topological polar surface area (TPSA) is 83.5 Å². The summed E-state index contributed by atoms with van der Waals surface area (Å²) in [6, 6.07) is -0.180. The minimum Gasteiger partial charge on any atom is -0.480 e. The molecule has 1 aliphatic rings. The van der Waals surface area contributed by atoms with Crippen molar-refractivity contribution in [1.82, 2.24) is 5.32 Å². The van der Waals surface area contributed by atoms with Crippen LogP contribution in [0.2, 0.25) is 0 Å². The summed E-state index contributed by atoms with van der Waals surface area (Å²) in [5.41, 5.74) is 0. The lowest BCUT2D eigenvalue weighted by molar-refractivity contribution is -0.136. The highest BCUT2D eigenvalue weighted by Gasteiger charge is 2.42. The first-order valence-electron chi connectivity index (χ1n) is 4.06. The average Bonchev–Trinajstić information content (AvgIpc) is 1.99. The second-order valence-electron chi connectivity index (χ2n) is 3.32. The van der Waals surface area contributed by atoms with Gasteiger partial charge in [0.15, 0.2) is 15.1 Å². The van der Waals surface area contributed by atoms with Crippen LogP contribution in [0.15, 0.2) is 0 Å². The molecule has 6 heteroatoms. The van der Waals surface area contributed by atoms with E-state index in [1.54, 1.807) is 6.92 Å². The zero-order chi connectivity index (χ0) is 10.2. The molecule has 0 bridgehead atoms. The van der Waals surface area contributed by atoms with E-state index in [-0.39, 0.29) is 12.6 Å². The Morgan fingerprint density at radius 2 is 2.00 bits per heavy atom. The molecule has 1 aliphatic heterocycles. The fourth-order valence-corrected chi connectivity index (χ4v) is 3.14. The van der Waals surface area contributed by atoms with Crippen LogP contribution in [0.5, 0.6) is 0 Å². The normalized spacial score (nSPS) is 38.5. The minimum atomic E-state index is -3.51. The Hall–Kier alpha value is -0.620. The van der Waals surface area contributed by atoms with Gasteiger partial charge in [0, 0.05) is 12.6 Å². The number of sulfone groups is 1. The maximum atomic E-state index is 11.5. The van der Waals surface area contributed by atoms with E-state index in [0.717, 1.165) is 0 Å². The van der Waals surface area contributed by atoms with Gasteiger partial charge in [-0.1, -0.05) is 0 Å². The third-order valence-electron chi connectivity index (χ3n) is 2.52. The van der Waals surface area contributed by atoms with E-state index in [1.807, 2.05) is 0 Å².